The van der Waals surface area contributed by atoms with Crippen molar-refractivity contribution in [3.8, 4) is 5.75 Å². The molecule has 0 heterocycles. The van der Waals surface area contributed by atoms with Crippen LogP contribution in [0.3, 0.4) is 0 Å². The van der Waals surface area contributed by atoms with Gasteiger partial charge in [-0.1, -0.05) is 58.4 Å². The summed E-state index contributed by atoms with van der Waals surface area (Å²) in [7, 11) is 0. The Morgan fingerprint density at radius 2 is 1.64 bits per heavy atom. The highest BCUT2D eigenvalue weighted by Crippen LogP contribution is 2.15. The normalized spacial score (nSPS) is 10.8. The number of halogens is 1. The van der Waals surface area contributed by atoms with Gasteiger partial charge >= 0.3 is 5.97 Å². The molecule has 22 heavy (non-hydrogen) atoms. The lowest BCUT2D eigenvalue weighted by Gasteiger charge is -2.05. The third-order valence-corrected chi connectivity index (χ3v) is 3.64. The zero-order valence-electron chi connectivity index (χ0n) is 12.4. The van der Waals surface area contributed by atoms with E-state index in [2.05, 4.69) is 28.1 Å². The van der Waals surface area contributed by atoms with Gasteiger partial charge in [0.05, 0.1) is 5.56 Å². The maximum Gasteiger partial charge on any atom is 0.343 e. The number of alkyl halides is 1. The van der Waals surface area contributed by atoms with Crippen LogP contribution in [0.2, 0.25) is 0 Å². The van der Waals surface area contributed by atoms with Crippen LogP contribution in [-0.2, 0) is 6.42 Å². The standard InChI is InChI=1S/C19H19BrO2/c20-15-7-2-1-4-8-16-11-13-18(14-12-16)22-19(21)17-9-5-3-6-10-17/h1-3,5-6,9-14H,4,7-8,15H2. The van der Waals surface area contributed by atoms with Gasteiger partial charge in [-0.3, -0.25) is 0 Å². The Labute approximate surface area is 139 Å². The van der Waals surface area contributed by atoms with Crippen LogP contribution in [0.15, 0.2) is 66.7 Å². The summed E-state index contributed by atoms with van der Waals surface area (Å²) >= 11 is 3.40. The molecule has 0 N–H and O–H groups in total. The van der Waals surface area contributed by atoms with E-state index in [1.165, 1.54) is 5.56 Å². The fraction of sp³-hybridized carbons (Fsp3) is 0.211. The summed E-state index contributed by atoms with van der Waals surface area (Å²) in [6, 6.07) is 16.7. The summed E-state index contributed by atoms with van der Waals surface area (Å²) < 4.78 is 5.35. The van der Waals surface area contributed by atoms with Crippen LogP contribution in [0.5, 0.6) is 5.75 Å². The van der Waals surface area contributed by atoms with Gasteiger partial charge < -0.3 is 4.74 Å². The third-order valence-electron chi connectivity index (χ3n) is 3.19. The van der Waals surface area contributed by atoms with E-state index < -0.39 is 0 Å². The van der Waals surface area contributed by atoms with E-state index in [4.69, 9.17) is 4.74 Å². The second kappa shape index (κ2) is 9.21. The number of ether oxygens (including phenoxy) is 1. The predicted octanol–water partition coefficient (Wildman–Crippen LogP) is 5.18. The molecule has 0 bridgehead atoms. The average molecular weight is 359 g/mol. The second-order valence-electron chi connectivity index (χ2n) is 4.89. The topological polar surface area (TPSA) is 26.3 Å². The molecule has 0 aliphatic heterocycles. The Morgan fingerprint density at radius 1 is 0.955 bits per heavy atom. The van der Waals surface area contributed by atoms with Crippen molar-refractivity contribution in [1.82, 2.24) is 0 Å². The number of allylic oxidation sites excluding steroid dienone is 2. The molecule has 0 radical (unpaired) electrons. The molecule has 2 nitrogen and oxygen atoms in total. The molecule has 0 amide bonds. The van der Waals surface area contributed by atoms with Crippen LogP contribution in [0.1, 0.15) is 28.8 Å². The SMILES string of the molecule is O=C(Oc1ccc(CCC=CCCBr)cc1)c1ccccc1. The molecule has 3 heteroatoms. The molecule has 0 fully saturated rings. The highest BCUT2D eigenvalue weighted by molar-refractivity contribution is 9.09. The highest BCUT2D eigenvalue weighted by Gasteiger charge is 2.07. The minimum Gasteiger partial charge on any atom is -0.423 e. The fourth-order valence-corrected chi connectivity index (χ4v) is 2.28. The van der Waals surface area contributed by atoms with Crippen molar-refractivity contribution in [2.45, 2.75) is 19.3 Å². The molecular formula is C19H19BrO2. The summed E-state index contributed by atoms with van der Waals surface area (Å²) in [5.41, 5.74) is 1.80. The van der Waals surface area contributed by atoms with Crippen LogP contribution < -0.4 is 4.74 Å². The van der Waals surface area contributed by atoms with E-state index in [0.29, 0.717) is 11.3 Å². The first-order valence-electron chi connectivity index (χ1n) is 7.37. The number of benzene rings is 2. The van der Waals surface area contributed by atoms with Crippen molar-refractivity contribution in [2.75, 3.05) is 5.33 Å². The molecule has 0 saturated heterocycles. The summed E-state index contributed by atoms with van der Waals surface area (Å²) in [6.07, 6.45) is 7.46. The summed E-state index contributed by atoms with van der Waals surface area (Å²) in [6.45, 7) is 0. The minimum absolute atomic E-state index is 0.328. The first-order chi connectivity index (χ1) is 10.8. The van der Waals surface area contributed by atoms with Crippen LogP contribution in [-0.4, -0.2) is 11.3 Å². The van der Waals surface area contributed by atoms with Crippen LogP contribution in [0.25, 0.3) is 0 Å². The fourth-order valence-electron chi connectivity index (χ4n) is 2.01. The molecule has 0 spiro atoms. The summed E-state index contributed by atoms with van der Waals surface area (Å²) in [5.74, 6) is 0.249. The van der Waals surface area contributed by atoms with Gasteiger partial charge in [0.2, 0.25) is 0 Å². The van der Waals surface area contributed by atoms with Crippen molar-refractivity contribution in [3.63, 3.8) is 0 Å². The zero-order chi connectivity index (χ0) is 15.6. The monoisotopic (exact) mass is 358 g/mol. The molecule has 0 atom stereocenters. The van der Waals surface area contributed by atoms with Crippen molar-refractivity contribution >= 4 is 21.9 Å². The first kappa shape index (κ1) is 16.5. The van der Waals surface area contributed by atoms with Crippen molar-refractivity contribution in [3.05, 3.63) is 77.9 Å². The average Bonchev–Trinajstić information content (AvgIpc) is 2.57. The molecule has 0 aliphatic rings. The van der Waals surface area contributed by atoms with Crippen molar-refractivity contribution in [1.29, 1.82) is 0 Å². The number of hydrogen-bond donors (Lipinski definition) is 0. The number of esters is 1. The molecule has 0 saturated carbocycles. The molecule has 0 unspecified atom stereocenters. The number of aryl methyl sites for hydroxylation is 1. The Bertz CT molecular complexity index is 603. The largest absolute Gasteiger partial charge is 0.423 e. The van der Waals surface area contributed by atoms with E-state index in [1.807, 2.05) is 42.5 Å². The summed E-state index contributed by atoms with van der Waals surface area (Å²) in [4.78, 5) is 11.9. The van der Waals surface area contributed by atoms with E-state index in [0.717, 1.165) is 24.6 Å². The van der Waals surface area contributed by atoms with Crippen molar-refractivity contribution in [2.24, 2.45) is 0 Å². The van der Waals surface area contributed by atoms with Crippen LogP contribution in [0, 0.1) is 0 Å². The predicted molar refractivity (Wildman–Crippen MR) is 93.7 cm³/mol. The molecular weight excluding hydrogens is 340 g/mol. The van der Waals surface area contributed by atoms with Gasteiger partial charge in [-0.05, 0) is 49.1 Å². The van der Waals surface area contributed by atoms with Crippen LogP contribution in [0.4, 0.5) is 0 Å². The molecule has 114 valence electrons. The lowest BCUT2D eigenvalue weighted by Crippen LogP contribution is -2.08. The number of carbonyl (C=O) groups is 1. The molecule has 0 aliphatic carbocycles. The van der Waals surface area contributed by atoms with Gasteiger partial charge in [-0.25, -0.2) is 4.79 Å². The van der Waals surface area contributed by atoms with Gasteiger partial charge in [0.15, 0.2) is 0 Å². The van der Waals surface area contributed by atoms with Gasteiger partial charge in [0, 0.05) is 5.33 Å². The lowest BCUT2D eigenvalue weighted by molar-refractivity contribution is 0.0734. The molecule has 2 aromatic carbocycles. The van der Waals surface area contributed by atoms with Gasteiger partial charge in [-0.15, -0.1) is 0 Å². The van der Waals surface area contributed by atoms with E-state index >= 15 is 0 Å². The summed E-state index contributed by atoms with van der Waals surface area (Å²) in [5, 5.41) is 1.00. The Hall–Kier alpha value is -1.87. The number of rotatable bonds is 7. The molecule has 2 rings (SSSR count). The number of hydrogen-bond acceptors (Lipinski definition) is 2. The van der Waals surface area contributed by atoms with E-state index in [-0.39, 0.29) is 5.97 Å². The van der Waals surface area contributed by atoms with E-state index in [1.54, 1.807) is 12.1 Å². The Kier molecular flexibility index (Phi) is 6.91. The zero-order valence-corrected chi connectivity index (χ0v) is 14.0. The van der Waals surface area contributed by atoms with Crippen LogP contribution >= 0.6 is 15.9 Å². The second-order valence-corrected chi connectivity index (χ2v) is 5.68. The lowest BCUT2D eigenvalue weighted by atomic mass is 10.1. The first-order valence-corrected chi connectivity index (χ1v) is 8.49. The maximum atomic E-state index is 11.9. The Balaban J connectivity index is 1.85. The number of carbonyl (C=O) groups excluding carboxylic acids is 1. The maximum absolute atomic E-state index is 11.9. The van der Waals surface area contributed by atoms with Gasteiger partial charge in [0.1, 0.15) is 5.75 Å². The quantitative estimate of drug-likeness (QED) is 0.295. The smallest absolute Gasteiger partial charge is 0.343 e. The van der Waals surface area contributed by atoms with Gasteiger partial charge in [-0.2, -0.15) is 0 Å². The molecule has 2 aromatic rings. The van der Waals surface area contributed by atoms with Crippen molar-refractivity contribution < 1.29 is 9.53 Å². The highest BCUT2D eigenvalue weighted by atomic mass is 79.9. The molecule has 0 aromatic heterocycles. The Morgan fingerprint density at radius 3 is 2.32 bits per heavy atom. The minimum atomic E-state index is -0.328. The van der Waals surface area contributed by atoms with Gasteiger partial charge in [0.25, 0.3) is 0 Å². The third kappa shape index (κ3) is 5.49. The van der Waals surface area contributed by atoms with E-state index in [9.17, 15) is 4.79 Å².